The zero-order valence-corrected chi connectivity index (χ0v) is 20.3. The van der Waals surface area contributed by atoms with Gasteiger partial charge in [0.2, 0.25) is 5.88 Å². The van der Waals surface area contributed by atoms with Gasteiger partial charge >= 0.3 is 0 Å². The molecular formula is C28H22N4O3S. The molecule has 0 N–H and O–H groups in total. The third-order valence-electron chi connectivity index (χ3n) is 6.31. The topological polar surface area (TPSA) is 76.9 Å². The van der Waals surface area contributed by atoms with Gasteiger partial charge in [-0.25, -0.2) is 15.0 Å². The van der Waals surface area contributed by atoms with E-state index in [1.165, 1.54) is 17.7 Å². The highest BCUT2D eigenvalue weighted by Crippen LogP contribution is 2.34. The highest BCUT2D eigenvalue weighted by molar-refractivity contribution is 7.16. The van der Waals surface area contributed by atoms with Crippen LogP contribution in [0.1, 0.15) is 23.6 Å². The summed E-state index contributed by atoms with van der Waals surface area (Å²) < 4.78 is 11.2. The minimum atomic E-state index is -0.250. The molecular weight excluding hydrogens is 472 g/mol. The SMILES string of the molecule is COc1ccc([C@H]2CC(c3ccc4ccccc4c3)=NN2C(=O)COc2ncnc3sccc23)cc1. The quantitative estimate of drug-likeness (QED) is 0.307. The maximum Gasteiger partial charge on any atom is 0.281 e. The van der Waals surface area contributed by atoms with Gasteiger partial charge in [0, 0.05) is 6.42 Å². The molecule has 0 saturated heterocycles. The number of benzene rings is 3. The van der Waals surface area contributed by atoms with Crippen molar-refractivity contribution in [1.29, 1.82) is 0 Å². The summed E-state index contributed by atoms with van der Waals surface area (Å²) in [7, 11) is 1.64. The monoisotopic (exact) mass is 494 g/mol. The first-order chi connectivity index (χ1) is 17.7. The van der Waals surface area contributed by atoms with Crippen molar-refractivity contribution < 1.29 is 14.3 Å². The highest BCUT2D eigenvalue weighted by atomic mass is 32.1. The summed E-state index contributed by atoms with van der Waals surface area (Å²) in [6.45, 7) is -0.177. The molecule has 0 spiro atoms. The van der Waals surface area contributed by atoms with E-state index in [0.29, 0.717) is 12.3 Å². The lowest BCUT2D eigenvalue weighted by atomic mass is 9.97. The lowest BCUT2D eigenvalue weighted by Crippen LogP contribution is -2.31. The van der Waals surface area contributed by atoms with Gasteiger partial charge in [-0.1, -0.05) is 48.5 Å². The number of methoxy groups -OCH3 is 1. The molecule has 6 rings (SSSR count). The van der Waals surface area contributed by atoms with Crippen LogP contribution in [-0.4, -0.2) is 40.3 Å². The molecule has 0 radical (unpaired) electrons. The fourth-order valence-corrected chi connectivity index (χ4v) is 5.17. The molecule has 5 aromatic rings. The number of carbonyl (C=O) groups is 1. The number of hydrogen-bond donors (Lipinski definition) is 0. The van der Waals surface area contributed by atoms with E-state index in [9.17, 15) is 4.79 Å². The Morgan fingerprint density at radius 2 is 1.86 bits per heavy atom. The first-order valence-corrected chi connectivity index (χ1v) is 12.4. The van der Waals surface area contributed by atoms with Crippen LogP contribution < -0.4 is 9.47 Å². The van der Waals surface area contributed by atoms with Crippen molar-refractivity contribution in [2.75, 3.05) is 13.7 Å². The van der Waals surface area contributed by atoms with Crippen molar-refractivity contribution in [3.05, 3.63) is 95.6 Å². The third-order valence-corrected chi connectivity index (χ3v) is 7.13. The van der Waals surface area contributed by atoms with Crippen molar-refractivity contribution >= 4 is 43.9 Å². The Kier molecular flexibility index (Phi) is 5.79. The van der Waals surface area contributed by atoms with Gasteiger partial charge in [-0.05, 0) is 51.5 Å². The molecule has 3 aromatic carbocycles. The van der Waals surface area contributed by atoms with Crippen molar-refractivity contribution in [1.82, 2.24) is 15.0 Å². The summed E-state index contributed by atoms with van der Waals surface area (Å²) in [5, 5.41) is 11.3. The molecule has 0 aliphatic carbocycles. The minimum absolute atomic E-state index is 0.177. The van der Waals surface area contributed by atoms with Crippen LogP contribution in [0.15, 0.2) is 89.6 Å². The molecule has 0 unspecified atom stereocenters. The molecule has 2 aromatic heterocycles. The molecule has 0 saturated carbocycles. The van der Waals surface area contributed by atoms with E-state index in [1.807, 2.05) is 47.8 Å². The summed E-state index contributed by atoms with van der Waals surface area (Å²) in [4.78, 5) is 22.7. The van der Waals surface area contributed by atoms with E-state index in [-0.39, 0.29) is 18.6 Å². The van der Waals surface area contributed by atoms with Crippen molar-refractivity contribution in [2.24, 2.45) is 5.10 Å². The Labute approximate surface area is 211 Å². The molecule has 1 amide bonds. The van der Waals surface area contributed by atoms with E-state index in [0.717, 1.165) is 43.6 Å². The van der Waals surface area contributed by atoms with Crippen LogP contribution in [0.2, 0.25) is 0 Å². The van der Waals surface area contributed by atoms with Gasteiger partial charge in [0.05, 0.1) is 24.2 Å². The molecule has 1 atom stereocenters. The predicted molar refractivity (Wildman–Crippen MR) is 141 cm³/mol. The van der Waals surface area contributed by atoms with Crippen molar-refractivity contribution in [3.63, 3.8) is 0 Å². The van der Waals surface area contributed by atoms with Gasteiger partial charge in [0.1, 0.15) is 16.9 Å². The van der Waals surface area contributed by atoms with Crippen LogP contribution in [0.3, 0.4) is 0 Å². The number of hydrogen-bond acceptors (Lipinski definition) is 7. The standard InChI is InChI=1S/C28H22N4O3S/c1-34-22-10-8-19(9-11-22)25-15-24(21-7-6-18-4-2-3-5-20(18)14-21)31-32(25)26(33)16-35-27-23-12-13-36-28(23)30-17-29-27/h2-14,17,25H,15-16H2,1H3/t25-/m1/s1. The van der Waals surface area contributed by atoms with E-state index >= 15 is 0 Å². The predicted octanol–water partition coefficient (Wildman–Crippen LogP) is 5.61. The van der Waals surface area contributed by atoms with Crippen LogP contribution in [0.4, 0.5) is 0 Å². The second-order valence-corrected chi connectivity index (χ2v) is 9.34. The van der Waals surface area contributed by atoms with Gasteiger partial charge in [0.25, 0.3) is 5.91 Å². The lowest BCUT2D eigenvalue weighted by Gasteiger charge is -2.22. The number of fused-ring (bicyclic) bond motifs is 2. The number of hydrazone groups is 1. The molecule has 7 nitrogen and oxygen atoms in total. The van der Waals surface area contributed by atoms with Gasteiger partial charge in [-0.15, -0.1) is 11.3 Å². The Hall–Kier alpha value is -4.30. The van der Waals surface area contributed by atoms with Gasteiger partial charge < -0.3 is 9.47 Å². The van der Waals surface area contributed by atoms with Crippen LogP contribution in [0.5, 0.6) is 11.6 Å². The molecule has 0 bridgehead atoms. The lowest BCUT2D eigenvalue weighted by molar-refractivity contribution is -0.135. The number of carbonyl (C=O) groups excluding carboxylic acids is 1. The fraction of sp³-hybridized carbons (Fsp3) is 0.143. The smallest absolute Gasteiger partial charge is 0.281 e. The van der Waals surface area contributed by atoms with E-state index in [2.05, 4.69) is 40.3 Å². The third kappa shape index (κ3) is 4.16. The average Bonchev–Trinajstić information content (AvgIpc) is 3.60. The van der Waals surface area contributed by atoms with Crippen LogP contribution in [0, 0.1) is 0 Å². The number of nitrogens with zero attached hydrogens (tertiary/aromatic N) is 4. The summed E-state index contributed by atoms with van der Waals surface area (Å²) in [6.07, 6.45) is 2.04. The first kappa shape index (κ1) is 22.2. The maximum atomic E-state index is 13.4. The minimum Gasteiger partial charge on any atom is -0.497 e. The van der Waals surface area contributed by atoms with Gasteiger partial charge in [-0.2, -0.15) is 5.10 Å². The molecule has 36 heavy (non-hydrogen) atoms. The Bertz CT molecular complexity index is 1600. The Balaban J connectivity index is 1.30. The van der Waals surface area contributed by atoms with Crippen molar-refractivity contribution in [2.45, 2.75) is 12.5 Å². The fourth-order valence-electron chi connectivity index (χ4n) is 4.45. The zero-order chi connectivity index (χ0) is 24.5. The molecule has 8 heteroatoms. The molecule has 178 valence electrons. The molecule has 3 heterocycles. The van der Waals surface area contributed by atoms with Crippen LogP contribution in [-0.2, 0) is 4.79 Å². The van der Waals surface area contributed by atoms with Crippen LogP contribution in [0.25, 0.3) is 21.0 Å². The largest absolute Gasteiger partial charge is 0.497 e. The summed E-state index contributed by atoms with van der Waals surface area (Å²) in [6, 6.07) is 23.9. The Morgan fingerprint density at radius 1 is 1.03 bits per heavy atom. The maximum absolute atomic E-state index is 13.4. The number of ether oxygens (including phenoxy) is 2. The zero-order valence-electron chi connectivity index (χ0n) is 19.5. The number of aromatic nitrogens is 2. The normalized spacial score (nSPS) is 15.3. The van der Waals surface area contributed by atoms with E-state index < -0.39 is 0 Å². The second kappa shape index (κ2) is 9.39. The Morgan fingerprint density at radius 3 is 2.69 bits per heavy atom. The molecule has 1 aliphatic rings. The van der Waals surface area contributed by atoms with Gasteiger partial charge in [-0.3, -0.25) is 4.79 Å². The highest BCUT2D eigenvalue weighted by Gasteiger charge is 2.33. The van der Waals surface area contributed by atoms with E-state index in [1.54, 1.807) is 12.1 Å². The second-order valence-electron chi connectivity index (χ2n) is 8.45. The summed E-state index contributed by atoms with van der Waals surface area (Å²) in [5.41, 5.74) is 2.84. The summed E-state index contributed by atoms with van der Waals surface area (Å²) in [5.74, 6) is 0.916. The molecule has 1 aliphatic heterocycles. The number of rotatable bonds is 6. The molecule has 0 fully saturated rings. The summed E-state index contributed by atoms with van der Waals surface area (Å²) >= 11 is 1.50. The van der Waals surface area contributed by atoms with Gasteiger partial charge in [0.15, 0.2) is 6.61 Å². The van der Waals surface area contributed by atoms with E-state index in [4.69, 9.17) is 14.6 Å². The number of amides is 1. The van der Waals surface area contributed by atoms with Crippen LogP contribution >= 0.6 is 11.3 Å². The average molecular weight is 495 g/mol. The number of thiophene rings is 1. The van der Waals surface area contributed by atoms with Crippen molar-refractivity contribution in [3.8, 4) is 11.6 Å². The first-order valence-electron chi connectivity index (χ1n) is 11.5.